The van der Waals surface area contributed by atoms with Crippen LogP contribution >= 0.6 is 0 Å². The highest BCUT2D eigenvalue weighted by molar-refractivity contribution is 7.89. The second kappa shape index (κ2) is 7.47. The number of nitrogens with one attached hydrogen (secondary N) is 1. The second-order valence-corrected chi connectivity index (χ2v) is 8.11. The van der Waals surface area contributed by atoms with Gasteiger partial charge in [0, 0.05) is 18.3 Å². The maximum Gasteiger partial charge on any atom is 0.328 e. The van der Waals surface area contributed by atoms with Crippen molar-refractivity contribution in [3.63, 3.8) is 0 Å². The molecule has 0 bridgehead atoms. The summed E-state index contributed by atoms with van der Waals surface area (Å²) in [6.45, 7) is 2.30. The van der Waals surface area contributed by atoms with Crippen LogP contribution in [0.1, 0.15) is 12.0 Å². The average Bonchev–Trinajstić information content (AvgIpc) is 3.05. The Morgan fingerprint density at radius 1 is 1.12 bits per heavy atom. The zero-order valence-electron chi connectivity index (χ0n) is 14.8. The van der Waals surface area contributed by atoms with E-state index in [0.29, 0.717) is 13.0 Å². The summed E-state index contributed by atoms with van der Waals surface area (Å²) in [4.78, 5) is 14.3. The van der Waals surface area contributed by atoms with Crippen molar-refractivity contribution in [2.45, 2.75) is 30.3 Å². The normalized spacial score (nSPS) is 20.2. The SMILES string of the molecule is COC(=O)[C@@H]1C[C@H](NS(=O)(=O)c2ccc(C)cc2)CN1c1ccccc1. The van der Waals surface area contributed by atoms with Gasteiger partial charge in [-0.3, -0.25) is 0 Å². The summed E-state index contributed by atoms with van der Waals surface area (Å²) < 4.78 is 32.9. The Morgan fingerprint density at radius 2 is 1.77 bits per heavy atom. The number of rotatable bonds is 5. The lowest BCUT2D eigenvalue weighted by atomic mass is 10.2. The van der Waals surface area contributed by atoms with Crippen LogP contribution in [0.5, 0.6) is 0 Å². The highest BCUT2D eigenvalue weighted by atomic mass is 32.2. The maximum atomic E-state index is 12.6. The van der Waals surface area contributed by atoms with Crippen LogP contribution in [0.15, 0.2) is 59.5 Å². The largest absolute Gasteiger partial charge is 0.467 e. The monoisotopic (exact) mass is 374 g/mol. The average molecular weight is 374 g/mol. The number of anilines is 1. The molecule has 0 amide bonds. The van der Waals surface area contributed by atoms with Gasteiger partial charge >= 0.3 is 5.97 Å². The van der Waals surface area contributed by atoms with Crippen LogP contribution in [0.3, 0.4) is 0 Å². The minimum absolute atomic E-state index is 0.218. The standard InChI is InChI=1S/C19H22N2O4S/c1-14-8-10-17(11-9-14)26(23,24)20-15-12-18(19(22)25-2)21(13-15)16-6-4-3-5-7-16/h3-11,15,18,20H,12-13H2,1-2H3/t15-,18-/m0/s1. The molecule has 2 atom stereocenters. The Hall–Kier alpha value is -2.38. The van der Waals surface area contributed by atoms with E-state index in [1.54, 1.807) is 24.3 Å². The van der Waals surface area contributed by atoms with Crippen LogP contribution in [-0.4, -0.2) is 40.1 Å². The summed E-state index contributed by atoms with van der Waals surface area (Å²) in [6.07, 6.45) is 0.354. The van der Waals surface area contributed by atoms with Gasteiger partial charge in [-0.2, -0.15) is 0 Å². The van der Waals surface area contributed by atoms with E-state index in [4.69, 9.17) is 4.74 Å². The third kappa shape index (κ3) is 3.89. The molecule has 0 unspecified atom stereocenters. The van der Waals surface area contributed by atoms with Crippen molar-refractivity contribution in [1.82, 2.24) is 4.72 Å². The van der Waals surface area contributed by atoms with Crippen molar-refractivity contribution in [2.75, 3.05) is 18.6 Å². The number of para-hydroxylation sites is 1. The Kier molecular flexibility index (Phi) is 5.29. The number of aryl methyl sites for hydroxylation is 1. The Labute approximate surface area is 153 Å². The zero-order valence-corrected chi connectivity index (χ0v) is 15.6. The highest BCUT2D eigenvalue weighted by Crippen LogP contribution is 2.27. The van der Waals surface area contributed by atoms with Crippen LogP contribution in [-0.2, 0) is 19.6 Å². The smallest absolute Gasteiger partial charge is 0.328 e. The van der Waals surface area contributed by atoms with Crippen LogP contribution in [0.2, 0.25) is 0 Å². The van der Waals surface area contributed by atoms with Crippen molar-refractivity contribution in [3.05, 3.63) is 60.2 Å². The minimum Gasteiger partial charge on any atom is -0.467 e. The molecule has 1 saturated heterocycles. The van der Waals surface area contributed by atoms with E-state index in [1.165, 1.54) is 7.11 Å². The van der Waals surface area contributed by atoms with E-state index >= 15 is 0 Å². The quantitative estimate of drug-likeness (QED) is 0.811. The summed E-state index contributed by atoms with van der Waals surface area (Å²) in [6, 6.07) is 15.2. The number of methoxy groups -OCH3 is 1. The van der Waals surface area contributed by atoms with E-state index < -0.39 is 16.1 Å². The Morgan fingerprint density at radius 3 is 2.38 bits per heavy atom. The number of hydrogen-bond acceptors (Lipinski definition) is 5. The minimum atomic E-state index is -3.65. The van der Waals surface area contributed by atoms with Crippen LogP contribution in [0, 0.1) is 6.92 Å². The van der Waals surface area contributed by atoms with Gasteiger partial charge in [-0.05, 0) is 37.6 Å². The molecule has 0 spiro atoms. The van der Waals surface area contributed by atoms with Gasteiger partial charge in [0.05, 0.1) is 12.0 Å². The lowest BCUT2D eigenvalue weighted by molar-refractivity contribution is -0.142. The van der Waals surface area contributed by atoms with Crippen molar-refractivity contribution >= 4 is 21.7 Å². The molecule has 1 heterocycles. The molecule has 0 radical (unpaired) electrons. The predicted molar refractivity (Wildman–Crippen MR) is 99.5 cm³/mol. The molecule has 6 nitrogen and oxygen atoms in total. The fourth-order valence-electron chi connectivity index (χ4n) is 3.19. The number of esters is 1. The predicted octanol–water partition coefficient (Wildman–Crippen LogP) is 2.09. The van der Waals surface area contributed by atoms with E-state index in [9.17, 15) is 13.2 Å². The number of carbonyl (C=O) groups excluding carboxylic acids is 1. The molecule has 26 heavy (non-hydrogen) atoms. The molecule has 3 rings (SSSR count). The van der Waals surface area contributed by atoms with Gasteiger partial charge in [-0.15, -0.1) is 0 Å². The number of nitrogens with zero attached hydrogens (tertiary/aromatic N) is 1. The van der Waals surface area contributed by atoms with Gasteiger partial charge in [0.15, 0.2) is 0 Å². The van der Waals surface area contributed by atoms with Crippen LogP contribution in [0.4, 0.5) is 5.69 Å². The highest BCUT2D eigenvalue weighted by Gasteiger charge is 2.39. The third-order valence-corrected chi connectivity index (χ3v) is 6.05. The summed E-state index contributed by atoms with van der Waals surface area (Å²) in [7, 11) is -2.31. The fraction of sp³-hybridized carbons (Fsp3) is 0.316. The number of sulfonamides is 1. The molecule has 0 aliphatic carbocycles. The molecule has 1 aliphatic rings. The molecule has 0 saturated carbocycles. The molecule has 1 aliphatic heterocycles. The van der Waals surface area contributed by atoms with Gasteiger partial charge in [-0.25, -0.2) is 17.9 Å². The first-order valence-electron chi connectivity index (χ1n) is 8.39. The Bertz CT molecular complexity index is 866. The summed E-state index contributed by atoms with van der Waals surface area (Å²) in [5.41, 5.74) is 1.85. The molecule has 1 N–H and O–H groups in total. The third-order valence-electron chi connectivity index (χ3n) is 4.52. The van der Waals surface area contributed by atoms with Gasteiger partial charge in [-0.1, -0.05) is 35.9 Å². The molecule has 138 valence electrons. The first-order chi connectivity index (χ1) is 12.4. The van der Waals surface area contributed by atoms with Crippen molar-refractivity contribution < 1.29 is 17.9 Å². The molecular formula is C19H22N2O4S. The second-order valence-electron chi connectivity index (χ2n) is 6.39. The molecular weight excluding hydrogens is 352 g/mol. The molecule has 0 aromatic heterocycles. The summed E-state index contributed by atoms with van der Waals surface area (Å²) in [5, 5.41) is 0. The summed E-state index contributed by atoms with van der Waals surface area (Å²) >= 11 is 0. The van der Waals surface area contributed by atoms with Gasteiger partial charge in [0.1, 0.15) is 6.04 Å². The van der Waals surface area contributed by atoms with Crippen LogP contribution in [0.25, 0.3) is 0 Å². The van der Waals surface area contributed by atoms with Crippen molar-refractivity contribution in [2.24, 2.45) is 0 Å². The van der Waals surface area contributed by atoms with Gasteiger partial charge in [0.25, 0.3) is 0 Å². The lowest BCUT2D eigenvalue weighted by Gasteiger charge is -2.24. The van der Waals surface area contributed by atoms with Gasteiger partial charge < -0.3 is 9.64 Å². The van der Waals surface area contributed by atoms with E-state index in [0.717, 1.165) is 11.3 Å². The lowest BCUT2D eigenvalue weighted by Crippen LogP contribution is -2.38. The number of hydrogen-bond donors (Lipinski definition) is 1. The molecule has 7 heteroatoms. The van der Waals surface area contributed by atoms with E-state index in [1.807, 2.05) is 42.2 Å². The molecule has 2 aromatic rings. The van der Waals surface area contributed by atoms with E-state index in [2.05, 4.69) is 4.72 Å². The topological polar surface area (TPSA) is 75.7 Å². The van der Waals surface area contributed by atoms with Crippen molar-refractivity contribution in [3.8, 4) is 0 Å². The van der Waals surface area contributed by atoms with Crippen LogP contribution < -0.4 is 9.62 Å². The number of benzene rings is 2. The van der Waals surface area contributed by atoms with E-state index in [-0.39, 0.29) is 16.9 Å². The zero-order chi connectivity index (χ0) is 18.7. The van der Waals surface area contributed by atoms with Crippen molar-refractivity contribution in [1.29, 1.82) is 0 Å². The molecule has 2 aromatic carbocycles. The number of ether oxygens (including phenoxy) is 1. The first-order valence-corrected chi connectivity index (χ1v) is 9.87. The number of carbonyl (C=O) groups is 1. The summed E-state index contributed by atoms with van der Waals surface area (Å²) in [5.74, 6) is -0.370. The molecule has 1 fully saturated rings. The Balaban J connectivity index is 1.81. The first kappa shape index (κ1) is 18.4. The van der Waals surface area contributed by atoms with Gasteiger partial charge in [0.2, 0.25) is 10.0 Å². The fourth-order valence-corrected chi connectivity index (χ4v) is 4.43. The maximum absolute atomic E-state index is 12.6.